The fourth-order valence-electron chi connectivity index (χ4n) is 4.22. The van der Waals surface area contributed by atoms with Crippen molar-refractivity contribution >= 4 is 5.57 Å². The lowest BCUT2D eigenvalue weighted by atomic mass is 9.82. The number of nitrogens with one attached hydrogen (secondary N) is 2. The zero-order valence-corrected chi connectivity index (χ0v) is 17.3. The minimum absolute atomic E-state index is 0.0441. The normalized spacial score (nSPS) is 15.7. The van der Waals surface area contributed by atoms with Crippen LogP contribution in [-0.4, -0.2) is 17.1 Å². The van der Waals surface area contributed by atoms with Gasteiger partial charge in [0, 0.05) is 29.2 Å². The Hall–Kier alpha value is -3.85. The number of nitrogens with zero attached hydrogens (tertiary/aromatic N) is 1. The highest BCUT2D eigenvalue weighted by Gasteiger charge is 2.24. The van der Waals surface area contributed by atoms with Crippen molar-refractivity contribution in [2.24, 2.45) is 0 Å². The average Bonchev–Trinajstić information content (AvgIpc) is 2.81. The maximum atomic E-state index is 12.6. The van der Waals surface area contributed by atoms with Crippen LogP contribution in [0, 0.1) is 11.3 Å². The average molecular weight is 413 g/mol. The summed E-state index contributed by atoms with van der Waals surface area (Å²) < 4.78 is 5.48. The molecule has 6 heteroatoms. The molecule has 0 amide bonds. The van der Waals surface area contributed by atoms with Gasteiger partial charge in [-0.05, 0) is 48.6 Å². The first-order valence-electron chi connectivity index (χ1n) is 10.3. The molecule has 31 heavy (non-hydrogen) atoms. The Kier molecular flexibility index (Phi) is 5.85. The van der Waals surface area contributed by atoms with Crippen LogP contribution in [0.3, 0.4) is 0 Å². The molecule has 1 unspecified atom stereocenters. The lowest BCUT2D eigenvalue weighted by Crippen LogP contribution is -2.30. The van der Waals surface area contributed by atoms with Crippen LogP contribution in [0.1, 0.15) is 53.1 Å². The third-order valence-corrected chi connectivity index (χ3v) is 5.79. The summed E-state index contributed by atoms with van der Waals surface area (Å²) in [5, 5.41) is 9.24. The predicted molar refractivity (Wildman–Crippen MR) is 119 cm³/mol. The maximum absolute atomic E-state index is 12.6. The number of ether oxygens (including phenoxy) is 1. The molecule has 3 aromatic rings. The van der Waals surface area contributed by atoms with Gasteiger partial charge in [0.2, 0.25) is 0 Å². The summed E-state index contributed by atoms with van der Waals surface area (Å²) in [6, 6.07) is 17.3. The number of rotatable bonds is 5. The quantitative estimate of drug-likeness (QED) is 0.663. The summed E-state index contributed by atoms with van der Waals surface area (Å²) in [5.41, 5.74) is 4.15. The number of hydrogen-bond acceptors (Lipinski definition) is 4. The van der Waals surface area contributed by atoms with Gasteiger partial charge in [0.25, 0.3) is 5.56 Å². The first kappa shape index (κ1) is 20.4. The van der Waals surface area contributed by atoms with E-state index in [1.807, 2.05) is 42.5 Å². The van der Waals surface area contributed by atoms with Crippen LogP contribution >= 0.6 is 0 Å². The summed E-state index contributed by atoms with van der Waals surface area (Å²) in [7, 11) is 1.62. The van der Waals surface area contributed by atoms with Crippen LogP contribution in [0.25, 0.3) is 5.57 Å². The fraction of sp³-hybridized carbons (Fsp3) is 0.240. The van der Waals surface area contributed by atoms with E-state index in [9.17, 15) is 14.9 Å². The lowest BCUT2D eigenvalue weighted by Gasteiger charge is -2.24. The molecular formula is C25H23N3O3. The van der Waals surface area contributed by atoms with Crippen LogP contribution in [0.15, 0.2) is 64.2 Å². The summed E-state index contributed by atoms with van der Waals surface area (Å²) in [6.07, 6.45) is 4.82. The van der Waals surface area contributed by atoms with Crippen molar-refractivity contribution in [1.29, 1.82) is 5.26 Å². The molecule has 156 valence electrons. The van der Waals surface area contributed by atoms with Gasteiger partial charge in [-0.3, -0.25) is 9.78 Å². The third kappa shape index (κ3) is 4.36. The monoisotopic (exact) mass is 413 g/mol. The summed E-state index contributed by atoms with van der Waals surface area (Å²) in [5.74, 6) is 0.778. The molecule has 4 rings (SSSR count). The van der Waals surface area contributed by atoms with Crippen molar-refractivity contribution in [2.45, 2.75) is 31.6 Å². The fourth-order valence-corrected chi connectivity index (χ4v) is 4.22. The van der Waals surface area contributed by atoms with Crippen molar-refractivity contribution < 1.29 is 4.74 Å². The third-order valence-electron chi connectivity index (χ3n) is 5.79. The van der Waals surface area contributed by atoms with Crippen molar-refractivity contribution in [3.05, 3.63) is 103 Å². The number of H-pyrrole nitrogens is 2. The molecule has 1 aliphatic rings. The highest BCUT2D eigenvalue weighted by Crippen LogP contribution is 2.39. The van der Waals surface area contributed by atoms with Gasteiger partial charge in [-0.25, -0.2) is 4.79 Å². The van der Waals surface area contributed by atoms with Gasteiger partial charge in [-0.2, -0.15) is 5.26 Å². The predicted octanol–water partition coefficient (Wildman–Crippen LogP) is 3.89. The van der Waals surface area contributed by atoms with Crippen LogP contribution in [0.5, 0.6) is 5.75 Å². The zero-order valence-electron chi connectivity index (χ0n) is 17.3. The molecule has 1 atom stereocenters. The van der Waals surface area contributed by atoms with Gasteiger partial charge < -0.3 is 9.72 Å². The number of nitriles is 1. The number of benzene rings is 2. The minimum atomic E-state index is -0.477. The molecule has 0 fully saturated rings. The number of methoxy groups -OCH3 is 1. The molecule has 1 heterocycles. The Morgan fingerprint density at radius 3 is 2.61 bits per heavy atom. The molecule has 0 saturated heterocycles. The second kappa shape index (κ2) is 8.88. The molecule has 1 aromatic heterocycles. The highest BCUT2D eigenvalue weighted by atomic mass is 16.5. The van der Waals surface area contributed by atoms with E-state index in [0.29, 0.717) is 29.7 Å². The SMILES string of the molecule is COc1ccc(C#N)cc1C1=CCC(c2[nH]c(=O)[nH]c(=O)c2Cc2ccccc2)CC1. The first-order chi connectivity index (χ1) is 15.1. The van der Waals surface area contributed by atoms with Crippen molar-refractivity contribution in [1.82, 2.24) is 9.97 Å². The van der Waals surface area contributed by atoms with Gasteiger partial charge in [0.1, 0.15) is 5.75 Å². The topological polar surface area (TPSA) is 98.7 Å². The Balaban J connectivity index is 1.66. The Morgan fingerprint density at radius 2 is 1.94 bits per heavy atom. The Bertz CT molecular complexity index is 1280. The van der Waals surface area contributed by atoms with Crippen LogP contribution in [-0.2, 0) is 6.42 Å². The largest absolute Gasteiger partial charge is 0.496 e. The highest BCUT2D eigenvalue weighted by molar-refractivity contribution is 5.72. The molecule has 2 N–H and O–H groups in total. The summed E-state index contributed by atoms with van der Waals surface area (Å²) in [6.45, 7) is 0. The van der Waals surface area contributed by atoms with E-state index in [1.54, 1.807) is 13.2 Å². The maximum Gasteiger partial charge on any atom is 0.325 e. The Morgan fingerprint density at radius 1 is 1.13 bits per heavy atom. The van der Waals surface area contributed by atoms with Gasteiger partial charge in [0.15, 0.2) is 0 Å². The first-order valence-corrected chi connectivity index (χ1v) is 10.3. The van der Waals surface area contributed by atoms with E-state index >= 15 is 0 Å². The Labute approximate surface area is 179 Å². The molecule has 2 aromatic carbocycles. The molecule has 0 spiro atoms. The minimum Gasteiger partial charge on any atom is -0.496 e. The van der Waals surface area contributed by atoms with Gasteiger partial charge in [-0.1, -0.05) is 36.4 Å². The molecule has 1 aliphatic carbocycles. The van der Waals surface area contributed by atoms with E-state index in [-0.39, 0.29) is 11.5 Å². The number of aromatic amines is 2. The second-order valence-corrected chi connectivity index (χ2v) is 7.69. The molecule has 0 bridgehead atoms. The number of aromatic nitrogens is 2. The molecule has 0 saturated carbocycles. The van der Waals surface area contributed by atoms with E-state index in [4.69, 9.17) is 4.74 Å². The summed E-state index contributed by atoms with van der Waals surface area (Å²) in [4.78, 5) is 29.9. The van der Waals surface area contributed by atoms with Gasteiger partial charge >= 0.3 is 5.69 Å². The van der Waals surface area contributed by atoms with Crippen LogP contribution in [0.4, 0.5) is 0 Å². The number of hydrogen-bond donors (Lipinski definition) is 2. The van der Waals surface area contributed by atoms with Crippen molar-refractivity contribution in [3.63, 3.8) is 0 Å². The summed E-state index contributed by atoms with van der Waals surface area (Å²) >= 11 is 0. The standard InChI is InChI=1S/C25H23N3O3/c1-31-22-12-7-17(15-26)14-20(22)18-8-10-19(11-9-18)23-21(24(29)28-25(30)27-23)13-16-5-3-2-4-6-16/h2-8,12,14,19H,9-11,13H2,1H3,(H2,27,28,29,30). The second-order valence-electron chi connectivity index (χ2n) is 7.69. The van der Waals surface area contributed by atoms with Crippen molar-refractivity contribution in [3.8, 4) is 11.8 Å². The van der Waals surface area contributed by atoms with Gasteiger partial charge in [-0.15, -0.1) is 0 Å². The van der Waals surface area contributed by atoms with E-state index in [1.165, 1.54) is 0 Å². The van der Waals surface area contributed by atoms with E-state index in [0.717, 1.165) is 35.3 Å². The smallest absolute Gasteiger partial charge is 0.325 e. The van der Waals surface area contributed by atoms with Crippen molar-refractivity contribution in [2.75, 3.05) is 7.11 Å². The van der Waals surface area contributed by atoms with Gasteiger partial charge in [0.05, 0.1) is 18.7 Å². The van der Waals surface area contributed by atoms with E-state index in [2.05, 4.69) is 22.1 Å². The molecule has 0 aliphatic heterocycles. The molecular weight excluding hydrogens is 390 g/mol. The number of allylic oxidation sites excluding steroid dienone is 2. The van der Waals surface area contributed by atoms with E-state index < -0.39 is 5.69 Å². The zero-order chi connectivity index (χ0) is 21.8. The van der Waals surface area contributed by atoms with Crippen LogP contribution < -0.4 is 16.0 Å². The molecule has 0 radical (unpaired) electrons. The van der Waals surface area contributed by atoms with Crippen LogP contribution in [0.2, 0.25) is 0 Å². The molecule has 6 nitrogen and oxygen atoms in total. The lowest BCUT2D eigenvalue weighted by molar-refractivity contribution is 0.413.